The van der Waals surface area contributed by atoms with Crippen LogP contribution in [0.15, 0.2) is 21.7 Å². The van der Waals surface area contributed by atoms with E-state index in [-0.39, 0.29) is 18.9 Å². The zero-order valence-corrected chi connectivity index (χ0v) is 18.9. The lowest BCUT2D eigenvalue weighted by Crippen LogP contribution is -2.47. The van der Waals surface area contributed by atoms with Gasteiger partial charge in [0, 0.05) is 71.9 Å². The molecule has 0 aromatic carbocycles. The Morgan fingerprint density at radius 2 is 1.86 bits per heavy atom. The standard InChI is InChI=1S/C19H33N5O3S2/c1-21-13-15-22(16-14-21)8-3-9-24(29(26,27)19-4-2-17-28-19)10-5-18(25)23-11-6-20-7-12-23/h2,4,17,20H,3,5-16H2,1H3. The Hall–Kier alpha value is -1.04. The molecule has 164 valence electrons. The van der Waals surface area contributed by atoms with Gasteiger partial charge in [0.2, 0.25) is 5.91 Å². The number of carbonyl (C=O) groups excluding carboxylic acids is 1. The number of piperazine rings is 2. The Balaban J connectivity index is 1.56. The van der Waals surface area contributed by atoms with Crippen LogP contribution in [-0.4, -0.2) is 112 Å². The van der Waals surface area contributed by atoms with Gasteiger partial charge in [-0.3, -0.25) is 4.79 Å². The highest BCUT2D eigenvalue weighted by Gasteiger charge is 2.27. The number of hydrogen-bond acceptors (Lipinski definition) is 7. The summed E-state index contributed by atoms with van der Waals surface area (Å²) in [5, 5.41) is 5.01. The maximum absolute atomic E-state index is 13.1. The fourth-order valence-corrected chi connectivity index (χ4v) is 6.35. The summed E-state index contributed by atoms with van der Waals surface area (Å²) in [6.45, 7) is 8.71. The van der Waals surface area contributed by atoms with E-state index in [4.69, 9.17) is 0 Å². The van der Waals surface area contributed by atoms with Gasteiger partial charge in [0.25, 0.3) is 10.0 Å². The third-order valence-electron chi connectivity index (χ3n) is 5.61. The number of thiophene rings is 1. The summed E-state index contributed by atoms with van der Waals surface area (Å²) in [7, 11) is -1.43. The molecule has 2 fully saturated rings. The van der Waals surface area contributed by atoms with Crippen molar-refractivity contribution in [2.45, 2.75) is 17.1 Å². The zero-order chi connectivity index (χ0) is 20.7. The molecule has 0 radical (unpaired) electrons. The molecule has 2 aliphatic rings. The number of nitrogens with one attached hydrogen (secondary N) is 1. The second kappa shape index (κ2) is 10.8. The number of carbonyl (C=O) groups is 1. The van der Waals surface area contributed by atoms with E-state index in [0.29, 0.717) is 23.8 Å². The smallest absolute Gasteiger partial charge is 0.252 e. The lowest BCUT2D eigenvalue weighted by atomic mass is 10.3. The summed E-state index contributed by atoms with van der Waals surface area (Å²) in [5.74, 6) is 0.0388. The minimum absolute atomic E-state index is 0.0388. The predicted molar refractivity (Wildman–Crippen MR) is 116 cm³/mol. The Morgan fingerprint density at radius 1 is 1.14 bits per heavy atom. The topological polar surface area (TPSA) is 76.2 Å². The highest BCUT2D eigenvalue weighted by molar-refractivity contribution is 7.91. The normalized spacial score (nSPS) is 19.7. The summed E-state index contributed by atoms with van der Waals surface area (Å²) >= 11 is 1.23. The third-order valence-corrected chi connectivity index (χ3v) is 8.88. The summed E-state index contributed by atoms with van der Waals surface area (Å²) in [4.78, 5) is 19.1. The first-order valence-electron chi connectivity index (χ1n) is 10.4. The van der Waals surface area contributed by atoms with Gasteiger partial charge in [-0.1, -0.05) is 6.07 Å². The van der Waals surface area contributed by atoms with E-state index in [9.17, 15) is 13.2 Å². The summed E-state index contributed by atoms with van der Waals surface area (Å²) in [6.07, 6.45) is 1.01. The van der Waals surface area contributed by atoms with Crippen molar-refractivity contribution in [2.75, 3.05) is 79.0 Å². The van der Waals surface area contributed by atoms with Crippen LogP contribution in [0, 0.1) is 0 Å². The van der Waals surface area contributed by atoms with Gasteiger partial charge < -0.3 is 20.0 Å². The van der Waals surface area contributed by atoms with Crippen molar-refractivity contribution >= 4 is 27.3 Å². The van der Waals surface area contributed by atoms with Crippen molar-refractivity contribution in [3.05, 3.63) is 17.5 Å². The second-order valence-corrected chi connectivity index (χ2v) is 10.8. The van der Waals surface area contributed by atoms with Crippen LogP contribution >= 0.6 is 11.3 Å². The molecule has 1 aromatic heterocycles. The molecule has 8 nitrogen and oxygen atoms in total. The first kappa shape index (κ1) is 22.6. The van der Waals surface area contributed by atoms with E-state index in [1.54, 1.807) is 17.5 Å². The van der Waals surface area contributed by atoms with Crippen LogP contribution in [-0.2, 0) is 14.8 Å². The van der Waals surface area contributed by atoms with E-state index in [1.807, 2.05) is 4.90 Å². The van der Waals surface area contributed by atoms with Gasteiger partial charge in [-0.15, -0.1) is 11.3 Å². The Labute approximate surface area is 178 Å². The van der Waals surface area contributed by atoms with Crippen LogP contribution in [0.1, 0.15) is 12.8 Å². The van der Waals surface area contributed by atoms with Crippen molar-refractivity contribution in [1.82, 2.24) is 24.3 Å². The van der Waals surface area contributed by atoms with Gasteiger partial charge in [-0.2, -0.15) is 4.31 Å². The molecule has 1 N–H and O–H groups in total. The summed E-state index contributed by atoms with van der Waals surface area (Å²) < 4.78 is 28.0. The van der Waals surface area contributed by atoms with Crippen LogP contribution < -0.4 is 5.32 Å². The van der Waals surface area contributed by atoms with Gasteiger partial charge in [0.1, 0.15) is 4.21 Å². The number of hydrogen-bond donors (Lipinski definition) is 1. The maximum atomic E-state index is 13.1. The molecule has 1 aromatic rings. The quantitative estimate of drug-likeness (QED) is 0.588. The molecular weight excluding hydrogens is 410 g/mol. The van der Waals surface area contributed by atoms with Crippen LogP contribution in [0.25, 0.3) is 0 Å². The van der Waals surface area contributed by atoms with E-state index in [0.717, 1.165) is 52.2 Å². The molecule has 3 heterocycles. The minimum Gasteiger partial charge on any atom is -0.340 e. The van der Waals surface area contributed by atoms with Crippen molar-refractivity contribution in [3.63, 3.8) is 0 Å². The molecule has 2 aliphatic heterocycles. The van der Waals surface area contributed by atoms with E-state index >= 15 is 0 Å². The fourth-order valence-electron chi connectivity index (χ4n) is 3.72. The van der Waals surface area contributed by atoms with Crippen LogP contribution in [0.5, 0.6) is 0 Å². The SMILES string of the molecule is CN1CCN(CCCN(CCC(=O)N2CCNCC2)S(=O)(=O)c2cccs2)CC1. The van der Waals surface area contributed by atoms with E-state index < -0.39 is 10.0 Å². The first-order chi connectivity index (χ1) is 14.0. The molecule has 0 spiro atoms. The van der Waals surface area contributed by atoms with E-state index in [1.165, 1.54) is 15.6 Å². The monoisotopic (exact) mass is 443 g/mol. The predicted octanol–water partition coefficient (Wildman–Crippen LogP) is 0.198. The highest BCUT2D eigenvalue weighted by Crippen LogP contribution is 2.21. The third kappa shape index (κ3) is 6.47. The molecule has 0 bridgehead atoms. The lowest BCUT2D eigenvalue weighted by molar-refractivity contribution is -0.131. The number of likely N-dealkylation sites (N-methyl/N-ethyl adjacent to an activating group) is 1. The Morgan fingerprint density at radius 3 is 2.52 bits per heavy atom. The van der Waals surface area contributed by atoms with Gasteiger partial charge in [-0.05, 0) is 31.5 Å². The minimum atomic E-state index is -3.55. The molecule has 1 amide bonds. The highest BCUT2D eigenvalue weighted by atomic mass is 32.2. The number of sulfonamides is 1. The summed E-state index contributed by atoms with van der Waals surface area (Å²) in [6, 6.07) is 3.40. The Bertz CT molecular complexity index is 727. The van der Waals surface area contributed by atoms with Crippen molar-refractivity contribution in [2.24, 2.45) is 0 Å². The first-order valence-corrected chi connectivity index (χ1v) is 12.7. The van der Waals surface area contributed by atoms with Crippen molar-refractivity contribution in [3.8, 4) is 0 Å². The molecule has 0 unspecified atom stereocenters. The molecule has 29 heavy (non-hydrogen) atoms. The van der Waals surface area contributed by atoms with Gasteiger partial charge in [0.05, 0.1) is 0 Å². The van der Waals surface area contributed by atoms with Crippen LogP contribution in [0.4, 0.5) is 0 Å². The van der Waals surface area contributed by atoms with Crippen molar-refractivity contribution < 1.29 is 13.2 Å². The number of nitrogens with zero attached hydrogens (tertiary/aromatic N) is 4. The number of rotatable bonds is 9. The average molecular weight is 444 g/mol. The largest absolute Gasteiger partial charge is 0.340 e. The maximum Gasteiger partial charge on any atom is 0.252 e. The molecule has 0 atom stereocenters. The van der Waals surface area contributed by atoms with E-state index in [2.05, 4.69) is 22.2 Å². The zero-order valence-electron chi connectivity index (χ0n) is 17.3. The second-order valence-electron chi connectivity index (χ2n) is 7.72. The average Bonchev–Trinajstić information content (AvgIpc) is 3.28. The van der Waals surface area contributed by atoms with Gasteiger partial charge >= 0.3 is 0 Å². The molecule has 2 saturated heterocycles. The van der Waals surface area contributed by atoms with Gasteiger partial charge in [-0.25, -0.2) is 8.42 Å². The van der Waals surface area contributed by atoms with Crippen LogP contribution in [0.3, 0.4) is 0 Å². The molecule has 0 saturated carbocycles. The summed E-state index contributed by atoms with van der Waals surface area (Å²) in [5.41, 5.74) is 0. The van der Waals surface area contributed by atoms with Crippen LogP contribution in [0.2, 0.25) is 0 Å². The Kier molecular flexibility index (Phi) is 8.45. The fraction of sp³-hybridized carbons (Fsp3) is 0.737. The molecular formula is C19H33N5O3S2. The van der Waals surface area contributed by atoms with Crippen molar-refractivity contribution in [1.29, 1.82) is 0 Å². The van der Waals surface area contributed by atoms with Gasteiger partial charge in [0.15, 0.2) is 0 Å². The number of amides is 1. The molecule has 10 heteroatoms. The molecule has 3 rings (SSSR count). The molecule has 0 aliphatic carbocycles. The lowest BCUT2D eigenvalue weighted by Gasteiger charge is -2.33.